The van der Waals surface area contributed by atoms with Gasteiger partial charge in [-0.25, -0.2) is 0 Å². The van der Waals surface area contributed by atoms with E-state index in [4.69, 9.17) is 23.3 Å². The average Bonchev–Trinajstić information content (AvgIpc) is 2.69. The van der Waals surface area contributed by atoms with Gasteiger partial charge in [0, 0.05) is 17.3 Å². The number of halogens is 2. The third kappa shape index (κ3) is 6.40. The van der Waals surface area contributed by atoms with Crippen molar-refractivity contribution in [3.63, 3.8) is 0 Å². The summed E-state index contributed by atoms with van der Waals surface area (Å²) >= 11 is -0.556. The second-order valence-corrected chi connectivity index (χ2v) is 8.22. The van der Waals surface area contributed by atoms with E-state index in [1.165, 1.54) is 5.56 Å². The number of methoxy groups -OCH3 is 1. The van der Waals surface area contributed by atoms with Crippen LogP contribution in [0.25, 0.3) is 11.1 Å². The van der Waals surface area contributed by atoms with E-state index in [-0.39, 0.29) is 5.75 Å². The molecule has 0 aromatic heterocycles. The Balaban J connectivity index is 0.000000817. The molecule has 0 aliphatic rings. The molecular formula is C21H19Cl2NO2Ti. The van der Waals surface area contributed by atoms with E-state index in [9.17, 15) is 5.11 Å². The fourth-order valence-electron chi connectivity index (χ4n) is 2.44. The fourth-order valence-corrected chi connectivity index (χ4v) is 2.44. The van der Waals surface area contributed by atoms with E-state index < -0.39 is 17.0 Å². The van der Waals surface area contributed by atoms with Crippen molar-refractivity contribution in [2.24, 2.45) is 4.99 Å². The number of ether oxygens (including phenoxy) is 1. The van der Waals surface area contributed by atoms with Gasteiger partial charge in [-0.2, -0.15) is 0 Å². The van der Waals surface area contributed by atoms with Gasteiger partial charge in [0.2, 0.25) is 0 Å². The third-order valence-electron chi connectivity index (χ3n) is 3.85. The molecule has 0 radical (unpaired) electrons. The molecule has 0 heterocycles. The van der Waals surface area contributed by atoms with Crippen LogP contribution in [0.4, 0.5) is 5.69 Å². The van der Waals surface area contributed by atoms with E-state index in [0.717, 1.165) is 22.6 Å². The van der Waals surface area contributed by atoms with E-state index in [1.807, 2.05) is 73.7 Å². The number of aryl methyl sites for hydroxylation is 1. The van der Waals surface area contributed by atoms with E-state index in [2.05, 4.69) is 4.99 Å². The summed E-state index contributed by atoms with van der Waals surface area (Å²) in [4.78, 5) is 4.42. The normalized spacial score (nSPS) is 10.2. The number of phenols is 1. The topological polar surface area (TPSA) is 41.8 Å². The summed E-state index contributed by atoms with van der Waals surface area (Å²) in [5.41, 5.74) is 4.46. The van der Waals surface area contributed by atoms with Gasteiger partial charge in [0.25, 0.3) is 0 Å². The average molecular weight is 436 g/mol. The molecule has 3 nitrogen and oxygen atoms in total. The second kappa shape index (κ2) is 11.2. The van der Waals surface area contributed by atoms with Crippen molar-refractivity contribution in [2.45, 2.75) is 6.92 Å². The van der Waals surface area contributed by atoms with Crippen LogP contribution >= 0.6 is 18.6 Å². The number of para-hydroxylation sites is 1. The predicted octanol–water partition coefficient (Wildman–Crippen LogP) is 6.50. The van der Waals surface area contributed by atoms with Gasteiger partial charge in [-0.05, 0) is 42.8 Å². The summed E-state index contributed by atoms with van der Waals surface area (Å²) in [6.07, 6.45) is 1.68. The summed E-state index contributed by atoms with van der Waals surface area (Å²) in [6.45, 7) is 2.04. The van der Waals surface area contributed by atoms with Gasteiger partial charge in [-0.3, -0.25) is 4.99 Å². The van der Waals surface area contributed by atoms with E-state index >= 15 is 0 Å². The van der Waals surface area contributed by atoms with Crippen LogP contribution in [0.2, 0.25) is 0 Å². The van der Waals surface area contributed by atoms with Crippen molar-refractivity contribution in [2.75, 3.05) is 7.11 Å². The third-order valence-corrected chi connectivity index (χ3v) is 3.85. The molecule has 3 rings (SSSR count). The van der Waals surface area contributed by atoms with Crippen molar-refractivity contribution >= 4 is 30.5 Å². The van der Waals surface area contributed by atoms with Crippen LogP contribution in [0.3, 0.4) is 0 Å². The molecule has 3 aromatic rings. The molecule has 1 N–H and O–H groups in total. The molecule has 0 aliphatic carbocycles. The zero-order valence-corrected chi connectivity index (χ0v) is 18.1. The number of rotatable bonds is 4. The van der Waals surface area contributed by atoms with Crippen LogP contribution in [0.5, 0.6) is 11.5 Å². The van der Waals surface area contributed by atoms with Crippen LogP contribution in [-0.4, -0.2) is 18.4 Å². The maximum atomic E-state index is 10.6. The Kier molecular flexibility index (Phi) is 8.89. The summed E-state index contributed by atoms with van der Waals surface area (Å²) in [5.74, 6) is 1.02. The Hall–Kier alpha value is -1.78. The molecule has 0 saturated carbocycles. The maximum absolute atomic E-state index is 10.6. The molecule has 0 bridgehead atoms. The number of phenolic OH excluding ortho intramolecular Hbond substituents is 1. The number of hydrogen-bond acceptors (Lipinski definition) is 3. The summed E-state index contributed by atoms with van der Waals surface area (Å²) in [6, 6.07) is 21.2. The van der Waals surface area contributed by atoms with Gasteiger partial charge in [0.1, 0.15) is 11.5 Å². The van der Waals surface area contributed by atoms with E-state index in [1.54, 1.807) is 13.3 Å². The summed E-state index contributed by atoms with van der Waals surface area (Å²) in [7, 11) is 11.4. The van der Waals surface area contributed by atoms with Gasteiger partial charge in [-0.15, -0.1) is 0 Å². The minimum atomic E-state index is -0.556. The molecule has 0 fully saturated rings. The van der Waals surface area contributed by atoms with Gasteiger partial charge < -0.3 is 9.84 Å². The molecule has 6 heteroatoms. The van der Waals surface area contributed by atoms with Gasteiger partial charge in [-0.1, -0.05) is 42.0 Å². The Morgan fingerprint density at radius 2 is 1.59 bits per heavy atom. The van der Waals surface area contributed by atoms with E-state index in [0.29, 0.717) is 5.56 Å². The molecule has 0 unspecified atom stereocenters. The van der Waals surface area contributed by atoms with Crippen LogP contribution in [0, 0.1) is 6.92 Å². The fraction of sp³-hybridized carbons (Fsp3) is 0.0952. The number of hydrogen-bond donors (Lipinski definition) is 1. The first-order valence-electron chi connectivity index (χ1n) is 8.12. The molecule has 0 amide bonds. The van der Waals surface area contributed by atoms with Crippen molar-refractivity contribution < 1.29 is 26.9 Å². The van der Waals surface area contributed by atoms with Gasteiger partial charge >= 0.3 is 35.6 Å². The van der Waals surface area contributed by atoms with Gasteiger partial charge in [0.15, 0.2) is 0 Å². The first-order chi connectivity index (χ1) is 13.1. The van der Waals surface area contributed by atoms with Crippen molar-refractivity contribution in [3.05, 3.63) is 77.9 Å². The Morgan fingerprint density at radius 1 is 0.963 bits per heavy atom. The quantitative estimate of drug-likeness (QED) is 0.375. The van der Waals surface area contributed by atoms with Crippen LogP contribution < -0.4 is 4.74 Å². The SMILES string of the molecule is COc1ccc(N=Cc2cccc(-c3ccc(C)cc3)c2O)cc1.[Cl][Ti][Cl]. The molecule has 3 aromatic carbocycles. The summed E-state index contributed by atoms with van der Waals surface area (Å²) in [5, 5.41) is 10.6. The first kappa shape index (κ1) is 21.5. The monoisotopic (exact) mass is 435 g/mol. The standard InChI is InChI=1S/C21H19NO2.2ClH.Ti/c1-15-6-8-16(9-7-15)20-5-3-4-17(21(20)23)14-22-18-10-12-19(24-2)13-11-18;;;/h3-14,23H,1-2H3;2*1H;/q;;;+2/p-2. The molecular weight excluding hydrogens is 417 g/mol. The molecule has 27 heavy (non-hydrogen) atoms. The molecule has 0 atom stereocenters. The summed E-state index contributed by atoms with van der Waals surface area (Å²) < 4.78 is 5.13. The number of aromatic hydroxyl groups is 1. The zero-order chi connectivity index (χ0) is 19.6. The zero-order valence-electron chi connectivity index (χ0n) is 15.0. The van der Waals surface area contributed by atoms with Gasteiger partial charge in [0.05, 0.1) is 12.8 Å². The molecule has 0 spiro atoms. The van der Waals surface area contributed by atoms with Crippen LogP contribution in [0.1, 0.15) is 11.1 Å². The second-order valence-electron chi connectivity index (χ2n) is 5.64. The van der Waals surface area contributed by atoms with Crippen LogP contribution in [0.15, 0.2) is 71.7 Å². The van der Waals surface area contributed by atoms with Crippen molar-refractivity contribution in [1.82, 2.24) is 0 Å². The Bertz CT molecular complexity index is 882. The number of aliphatic imine (C=N–C) groups is 1. The first-order valence-corrected chi connectivity index (χ1v) is 12.4. The Morgan fingerprint density at radius 3 is 2.19 bits per heavy atom. The molecule has 138 valence electrons. The minimum absolute atomic E-state index is 0.235. The number of nitrogens with zero attached hydrogens (tertiary/aromatic N) is 1. The van der Waals surface area contributed by atoms with Crippen molar-refractivity contribution in [3.8, 4) is 22.6 Å². The molecule has 0 aliphatic heterocycles. The number of benzene rings is 3. The van der Waals surface area contributed by atoms with Crippen LogP contribution in [-0.2, 0) is 17.0 Å². The predicted molar refractivity (Wildman–Crippen MR) is 110 cm³/mol. The van der Waals surface area contributed by atoms with Crippen molar-refractivity contribution in [1.29, 1.82) is 0 Å². The molecule has 0 saturated heterocycles. The Labute approximate surface area is 176 Å².